The molecule has 1 aliphatic heterocycles. The largest absolute Gasteiger partial charge is 0.394 e. The molecule has 0 aliphatic carbocycles. The van der Waals surface area contributed by atoms with E-state index in [0.717, 1.165) is 4.57 Å². The molecule has 0 radical (unpaired) electrons. The maximum absolute atomic E-state index is 11.6. The molecule has 9 heteroatoms. The normalized spacial score (nSPS) is 31.7. The molecule has 0 aromatic carbocycles. The molecule has 2 rings (SSSR count). The summed E-state index contributed by atoms with van der Waals surface area (Å²) < 4.78 is 6.24. The fourth-order valence-corrected chi connectivity index (χ4v) is 1.83. The second-order valence-electron chi connectivity index (χ2n) is 3.85. The summed E-state index contributed by atoms with van der Waals surface area (Å²) in [4.78, 5) is 19.2. The minimum Gasteiger partial charge on any atom is -0.394 e. The van der Waals surface area contributed by atoms with E-state index in [0.29, 0.717) is 0 Å². The zero-order chi connectivity index (χ0) is 13.3. The van der Waals surface area contributed by atoms with E-state index in [-0.39, 0.29) is 5.82 Å². The van der Waals surface area contributed by atoms with Crippen molar-refractivity contribution < 1.29 is 25.1 Å². The van der Waals surface area contributed by atoms with Crippen LogP contribution in [-0.4, -0.2) is 49.9 Å². The Morgan fingerprint density at radius 3 is 2.89 bits per heavy atom. The predicted molar refractivity (Wildman–Crippen MR) is 57.4 cm³/mol. The van der Waals surface area contributed by atoms with Gasteiger partial charge in [0.2, 0.25) is 0 Å². The third kappa shape index (κ3) is 2.09. The van der Waals surface area contributed by atoms with Crippen LogP contribution in [0.5, 0.6) is 0 Å². The molecular formula is C9H13N3O6. The average Bonchev–Trinajstić information content (AvgIpc) is 2.65. The van der Waals surface area contributed by atoms with Crippen LogP contribution >= 0.6 is 0 Å². The summed E-state index contributed by atoms with van der Waals surface area (Å²) in [6.45, 7) is -0.478. The fraction of sp³-hybridized carbons (Fsp3) is 0.556. The molecule has 1 saturated heterocycles. The summed E-state index contributed by atoms with van der Waals surface area (Å²) in [7, 11) is 0. The summed E-state index contributed by atoms with van der Waals surface area (Å²) in [6.07, 6.45) is -3.23. The first-order valence-electron chi connectivity index (χ1n) is 5.17. The van der Waals surface area contributed by atoms with Gasteiger partial charge in [0.1, 0.15) is 18.0 Å². The van der Waals surface area contributed by atoms with Crippen LogP contribution < -0.4 is 11.4 Å². The summed E-state index contributed by atoms with van der Waals surface area (Å²) in [5, 5.41) is 27.4. The van der Waals surface area contributed by atoms with Gasteiger partial charge in [0, 0.05) is 6.20 Å². The van der Waals surface area contributed by atoms with E-state index in [1.54, 1.807) is 0 Å². The Morgan fingerprint density at radius 2 is 2.33 bits per heavy atom. The van der Waals surface area contributed by atoms with Gasteiger partial charge in [-0.05, 0) is 6.07 Å². The lowest BCUT2D eigenvalue weighted by atomic mass is 10.1. The van der Waals surface area contributed by atoms with Crippen molar-refractivity contribution in [3.63, 3.8) is 0 Å². The Hall–Kier alpha value is -1.52. The minimum absolute atomic E-state index is 0.0370. The van der Waals surface area contributed by atoms with Crippen molar-refractivity contribution in [2.75, 3.05) is 12.3 Å². The first kappa shape index (κ1) is 12.9. The van der Waals surface area contributed by atoms with Gasteiger partial charge in [-0.2, -0.15) is 4.98 Å². The number of aliphatic hydroxyl groups is 2. The highest BCUT2D eigenvalue weighted by Gasteiger charge is 2.46. The van der Waals surface area contributed by atoms with Gasteiger partial charge in [-0.15, -0.1) is 0 Å². The number of anilines is 1. The van der Waals surface area contributed by atoms with E-state index in [4.69, 9.17) is 20.8 Å². The summed E-state index contributed by atoms with van der Waals surface area (Å²) in [6, 6.07) is 1.36. The van der Waals surface area contributed by atoms with E-state index in [9.17, 15) is 9.90 Å². The highest BCUT2D eigenvalue weighted by atomic mass is 17.1. The highest BCUT2D eigenvalue weighted by molar-refractivity contribution is 5.23. The van der Waals surface area contributed by atoms with Gasteiger partial charge in [-0.1, -0.05) is 0 Å². The van der Waals surface area contributed by atoms with Crippen LogP contribution in [0.3, 0.4) is 0 Å². The molecule has 2 heterocycles. The maximum Gasteiger partial charge on any atom is 0.351 e. The molecular weight excluding hydrogens is 246 g/mol. The van der Waals surface area contributed by atoms with Gasteiger partial charge in [-0.3, -0.25) is 9.82 Å². The van der Waals surface area contributed by atoms with Crippen molar-refractivity contribution in [3.8, 4) is 0 Å². The Morgan fingerprint density at radius 1 is 1.61 bits per heavy atom. The zero-order valence-electron chi connectivity index (χ0n) is 9.21. The van der Waals surface area contributed by atoms with Crippen molar-refractivity contribution in [3.05, 3.63) is 22.7 Å². The van der Waals surface area contributed by atoms with Crippen molar-refractivity contribution in [1.29, 1.82) is 0 Å². The van der Waals surface area contributed by atoms with Crippen molar-refractivity contribution in [2.24, 2.45) is 0 Å². The first-order valence-corrected chi connectivity index (χ1v) is 5.17. The maximum atomic E-state index is 11.6. The smallest absolute Gasteiger partial charge is 0.351 e. The minimum atomic E-state index is -1.27. The van der Waals surface area contributed by atoms with Crippen LogP contribution in [0.2, 0.25) is 0 Å². The van der Waals surface area contributed by atoms with Crippen LogP contribution in [0.1, 0.15) is 6.23 Å². The standard InChI is InChI=1S/C9H13N3O6/c10-5-1-2-12(9(15)11-5)8-7(18-16)6(14)4(3-13)17-8/h1-2,4,6-8,13-14,16H,3H2,(H2,10,11,15)/t4-,6+,7-,8-/m1/s1. The predicted octanol–water partition coefficient (Wildman–Crippen LogP) is -2.07. The van der Waals surface area contributed by atoms with Crippen molar-refractivity contribution in [2.45, 2.75) is 24.5 Å². The number of aliphatic hydroxyl groups excluding tert-OH is 2. The van der Waals surface area contributed by atoms with Crippen LogP contribution in [-0.2, 0) is 9.62 Å². The van der Waals surface area contributed by atoms with Gasteiger partial charge in [0.15, 0.2) is 12.3 Å². The van der Waals surface area contributed by atoms with Crippen LogP contribution in [0.25, 0.3) is 0 Å². The number of nitrogens with two attached hydrogens (primary N) is 1. The number of ether oxygens (including phenoxy) is 1. The van der Waals surface area contributed by atoms with Gasteiger partial charge >= 0.3 is 5.69 Å². The second kappa shape index (κ2) is 5.00. The molecule has 1 aromatic heterocycles. The van der Waals surface area contributed by atoms with Crippen molar-refractivity contribution in [1.82, 2.24) is 9.55 Å². The number of nitrogens with zero attached hydrogens (tertiary/aromatic N) is 2. The molecule has 0 amide bonds. The van der Waals surface area contributed by atoms with Gasteiger partial charge < -0.3 is 20.7 Å². The van der Waals surface area contributed by atoms with Crippen molar-refractivity contribution >= 4 is 5.82 Å². The molecule has 18 heavy (non-hydrogen) atoms. The molecule has 0 saturated carbocycles. The highest BCUT2D eigenvalue weighted by Crippen LogP contribution is 2.30. The fourth-order valence-electron chi connectivity index (χ4n) is 1.83. The van der Waals surface area contributed by atoms with Crippen LogP contribution in [0.15, 0.2) is 17.1 Å². The van der Waals surface area contributed by atoms with E-state index in [2.05, 4.69) is 9.87 Å². The summed E-state index contributed by atoms with van der Waals surface area (Å²) >= 11 is 0. The number of hydrogen-bond acceptors (Lipinski definition) is 8. The molecule has 0 unspecified atom stereocenters. The molecule has 1 aromatic rings. The van der Waals surface area contributed by atoms with Crippen LogP contribution in [0, 0.1) is 0 Å². The third-order valence-corrected chi connectivity index (χ3v) is 2.74. The molecule has 9 nitrogen and oxygen atoms in total. The lowest BCUT2D eigenvalue weighted by Crippen LogP contribution is -2.37. The number of aromatic nitrogens is 2. The number of hydrogen-bond donors (Lipinski definition) is 4. The molecule has 1 fully saturated rings. The number of nitrogen functional groups attached to an aromatic ring is 1. The Balaban J connectivity index is 2.35. The van der Waals surface area contributed by atoms with E-state index in [1.165, 1.54) is 12.3 Å². The van der Waals surface area contributed by atoms with E-state index >= 15 is 0 Å². The molecule has 0 spiro atoms. The second-order valence-corrected chi connectivity index (χ2v) is 3.85. The molecule has 5 N–H and O–H groups in total. The lowest BCUT2D eigenvalue weighted by Gasteiger charge is -2.18. The Labute approximate surface area is 101 Å². The third-order valence-electron chi connectivity index (χ3n) is 2.74. The first-order chi connectivity index (χ1) is 8.58. The molecule has 1 aliphatic rings. The van der Waals surface area contributed by atoms with E-state index < -0.39 is 36.8 Å². The SMILES string of the molecule is Nc1ccn([C@@H]2O[C@H](CO)[C@H](O)[C@H]2OO)c(=O)n1. The molecule has 4 atom stereocenters. The monoisotopic (exact) mass is 259 g/mol. The summed E-state index contributed by atoms with van der Waals surface area (Å²) in [5.41, 5.74) is 4.62. The zero-order valence-corrected chi connectivity index (χ0v) is 9.21. The topological polar surface area (TPSA) is 140 Å². The molecule has 0 bridgehead atoms. The summed E-state index contributed by atoms with van der Waals surface area (Å²) in [5.74, 6) is 0.0370. The lowest BCUT2D eigenvalue weighted by molar-refractivity contribution is -0.305. The van der Waals surface area contributed by atoms with Crippen LogP contribution in [0.4, 0.5) is 5.82 Å². The quantitative estimate of drug-likeness (QED) is 0.358. The van der Waals surface area contributed by atoms with Gasteiger partial charge in [-0.25, -0.2) is 9.68 Å². The Bertz CT molecular complexity index is 478. The average molecular weight is 259 g/mol. The number of rotatable bonds is 3. The van der Waals surface area contributed by atoms with Gasteiger partial charge in [0.25, 0.3) is 0 Å². The Kier molecular flexibility index (Phi) is 3.59. The van der Waals surface area contributed by atoms with E-state index in [1.807, 2.05) is 0 Å². The molecule has 100 valence electrons. The van der Waals surface area contributed by atoms with Gasteiger partial charge in [0.05, 0.1) is 6.61 Å².